The molecule has 25 heavy (non-hydrogen) atoms. The van der Waals surface area contributed by atoms with Crippen LogP contribution in [-0.4, -0.2) is 35.8 Å². The fourth-order valence-corrected chi connectivity index (χ4v) is 2.38. The Balaban J connectivity index is 2.59. The summed E-state index contributed by atoms with van der Waals surface area (Å²) in [6.07, 6.45) is 1.31. The molecule has 6 nitrogen and oxygen atoms in total. The van der Waals surface area contributed by atoms with Crippen molar-refractivity contribution in [3.05, 3.63) is 42.3 Å². The fraction of sp³-hybridized carbons (Fsp3) is 0.500. The zero-order valence-corrected chi connectivity index (χ0v) is 14.6. The maximum atomic E-state index is 14.0. The largest absolute Gasteiger partial charge is 0.393 e. The van der Waals surface area contributed by atoms with E-state index >= 15 is 0 Å². The summed E-state index contributed by atoms with van der Waals surface area (Å²) >= 11 is 0. The van der Waals surface area contributed by atoms with Crippen LogP contribution in [0.5, 0.6) is 0 Å². The van der Waals surface area contributed by atoms with Gasteiger partial charge in [0.2, 0.25) is 5.91 Å². The average Bonchev–Trinajstić information content (AvgIpc) is 2.57. The molecule has 1 unspecified atom stereocenters. The summed E-state index contributed by atoms with van der Waals surface area (Å²) in [5.41, 5.74) is 6.03. The number of aliphatic hydroxyl groups excluding tert-OH is 1. The number of carbonyl (C=O) groups excluding carboxylic acids is 2. The Morgan fingerprint density at radius 3 is 2.60 bits per heavy atom. The number of carbonyl (C=O) groups is 2. The molecule has 3 atom stereocenters. The van der Waals surface area contributed by atoms with Gasteiger partial charge in [0.1, 0.15) is 0 Å². The minimum atomic E-state index is -2.20. The third-order valence-electron chi connectivity index (χ3n) is 4.04. The van der Waals surface area contributed by atoms with Gasteiger partial charge in [-0.15, -0.1) is 0 Å². The third kappa shape index (κ3) is 7.62. The molecule has 1 radical (unpaired) electrons. The lowest BCUT2D eigenvalue weighted by Gasteiger charge is -2.22. The third-order valence-corrected chi connectivity index (χ3v) is 4.04. The van der Waals surface area contributed by atoms with E-state index in [0.717, 1.165) is 12.5 Å². The quantitative estimate of drug-likeness (QED) is 0.524. The molecule has 7 heteroatoms. The van der Waals surface area contributed by atoms with Gasteiger partial charge in [-0.25, -0.2) is 9.87 Å². The first-order valence-electron chi connectivity index (χ1n) is 8.13. The number of nitrogens with two attached hydrogens (primary N) is 1. The van der Waals surface area contributed by atoms with E-state index in [9.17, 15) is 19.1 Å². The lowest BCUT2D eigenvalue weighted by molar-refractivity contribution is -0.138. The Kier molecular flexibility index (Phi) is 8.51. The molecule has 2 amide bonds. The van der Waals surface area contributed by atoms with Crippen molar-refractivity contribution in [2.45, 2.75) is 44.4 Å². The molecule has 0 spiro atoms. The van der Waals surface area contributed by atoms with E-state index in [2.05, 4.69) is 10.3 Å². The first-order valence-corrected chi connectivity index (χ1v) is 8.13. The van der Waals surface area contributed by atoms with Crippen LogP contribution in [0.2, 0.25) is 0 Å². The number of nitrogens with one attached hydrogen (secondary N) is 1. The number of primary amides is 1. The molecule has 0 fully saturated rings. The van der Waals surface area contributed by atoms with Crippen molar-refractivity contribution < 1.29 is 23.9 Å². The van der Waals surface area contributed by atoms with Crippen LogP contribution in [0.3, 0.4) is 0 Å². The number of hydroxylamine groups is 1. The molecule has 0 aliphatic heterocycles. The highest BCUT2D eigenvalue weighted by Gasteiger charge is 2.33. The Bertz CT molecular complexity index is 551. The number of benzene rings is 1. The average molecular weight is 353 g/mol. The van der Waals surface area contributed by atoms with Crippen LogP contribution in [0.15, 0.2) is 30.3 Å². The highest BCUT2D eigenvalue weighted by Crippen LogP contribution is 2.24. The second-order valence-corrected chi connectivity index (χ2v) is 6.20. The van der Waals surface area contributed by atoms with Crippen molar-refractivity contribution in [1.29, 1.82) is 0 Å². The Hall–Kier alpha value is -1.99. The van der Waals surface area contributed by atoms with Gasteiger partial charge in [-0.2, -0.15) is 0 Å². The fourth-order valence-electron chi connectivity index (χ4n) is 2.38. The summed E-state index contributed by atoms with van der Waals surface area (Å²) in [5.74, 6) is -2.26. The molecule has 1 rings (SSSR count). The van der Waals surface area contributed by atoms with Crippen molar-refractivity contribution in [3.63, 3.8) is 0 Å². The summed E-state index contributed by atoms with van der Waals surface area (Å²) < 4.78 is 14.0. The molecule has 0 saturated carbocycles. The van der Waals surface area contributed by atoms with Crippen molar-refractivity contribution in [3.8, 4) is 0 Å². The number of hydrogen-bond acceptors (Lipinski definition) is 4. The smallest absolute Gasteiger partial charge is 0.254 e. The van der Waals surface area contributed by atoms with Crippen molar-refractivity contribution >= 4 is 11.8 Å². The Morgan fingerprint density at radius 1 is 1.40 bits per heavy atom. The molecular weight excluding hydrogens is 327 g/mol. The number of rotatable bonds is 11. The number of amides is 2. The van der Waals surface area contributed by atoms with Gasteiger partial charge in [-0.1, -0.05) is 30.3 Å². The van der Waals surface area contributed by atoms with Gasteiger partial charge >= 0.3 is 0 Å². The molecule has 0 aliphatic carbocycles. The lowest BCUT2D eigenvalue weighted by atomic mass is 9.89. The summed E-state index contributed by atoms with van der Waals surface area (Å²) in [5, 5.41) is 10.2. The highest BCUT2D eigenvalue weighted by atomic mass is 19.1. The summed E-state index contributed by atoms with van der Waals surface area (Å²) in [6, 6.07) is 9.56. The van der Waals surface area contributed by atoms with E-state index < -0.39 is 29.5 Å². The number of aliphatic hydroxyl groups is 1. The predicted octanol–water partition coefficient (Wildman–Crippen LogP) is 1.47. The molecule has 0 aliphatic rings. The van der Waals surface area contributed by atoms with E-state index in [-0.39, 0.29) is 19.3 Å². The van der Waals surface area contributed by atoms with Crippen LogP contribution in [-0.2, 0) is 20.8 Å². The van der Waals surface area contributed by atoms with E-state index in [1.54, 1.807) is 6.42 Å². The lowest BCUT2D eigenvalue weighted by Crippen LogP contribution is -2.39. The summed E-state index contributed by atoms with van der Waals surface area (Å²) in [6.45, 7) is 1.08. The van der Waals surface area contributed by atoms with Gasteiger partial charge in [-0.05, 0) is 44.6 Å². The minimum absolute atomic E-state index is 0.0569. The summed E-state index contributed by atoms with van der Waals surface area (Å²) in [4.78, 5) is 27.7. The van der Waals surface area contributed by atoms with Gasteiger partial charge in [0, 0.05) is 5.92 Å². The number of hydrogen-bond donors (Lipinski definition) is 3. The van der Waals surface area contributed by atoms with Crippen molar-refractivity contribution in [2.75, 3.05) is 7.11 Å². The topological polar surface area (TPSA) is 102 Å². The molecule has 0 bridgehead atoms. The van der Waals surface area contributed by atoms with Crippen LogP contribution in [0, 0.1) is 12.3 Å². The monoisotopic (exact) mass is 353 g/mol. The predicted molar refractivity (Wildman–Crippen MR) is 91.7 cm³/mol. The number of halogens is 1. The van der Waals surface area contributed by atoms with E-state index in [1.165, 1.54) is 7.11 Å². The second-order valence-electron chi connectivity index (χ2n) is 6.20. The molecule has 0 aromatic heterocycles. The SMILES string of the molecule is CONC(=O)[C@H](CCC(C)(F)C(N)=O)C[C@@H](O)[CH]Cc1ccccc1. The van der Waals surface area contributed by atoms with Gasteiger partial charge in [0.05, 0.1) is 13.2 Å². The second kappa shape index (κ2) is 10.1. The van der Waals surface area contributed by atoms with Crippen LogP contribution in [0.1, 0.15) is 31.7 Å². The molecule has 139 valence electrons. The normalized spacial score (nSPS) is 15.8. The first kappa shape index (κ1) is 21.1. The van der Waals surface area contributed by atoms with E-state index in [1.807, 2.05) is 30.3 Å². The van der Waals surface area contributed by atoms with Crippen LogP contribution in [0.4, 0.5) is 4.39 Å². The molecule has 0 heterocycles. The Labute approximate surface area is 147 Å². The maximum absolute atomic E-state index is 14.0. The van der Waals surface area contributed by atoms with Crippen LogP contribution < -0.4 is 11.2 Å². The van der Waals surface area contributed by atoms with E-state index in [4.69, 9.17) is 5.73 Å². The molecule has 4 N–H and O–H groups in total. The molecule has 1 aromatic carbocycles. The zero-order valence-electron chi connectivity index (χ0n) is 14.6. The number of alkyl halides is 1. The standard InChI is InChI=1S/C18H26FN2O4/c1-18(19,17(20)24)11-10-14(16(23)21-25-2)12-15(22)9-8-13-6-4-3-5-7-13/h3-7,9,14-15,22H,8,10-12H2,1-2H3,(H2,20,24)(H,21,23)/t14-,15+,18?/m1/s1. The molecule has 0 saturated heterocycles. The highest BCUT2D eigenvalue weighted by molar-refractivity contribution is 5.83. The molecular formula is C18H26FN2O4. The molecule has 1 aromatic rings. The summed E-state index contributed by atoms with van der Waals surface area (Å²) in [7, 11) is 1.29. The van der Waals surface area contributed by atoms with Gasteiger partial charge in [0.25, 0.3) is 5.91 Å². The van der Waals surface area contributed by atoms with Crippen LogP contribution in [0.25, 0.3) is 0 Å². The van der Waals surface area contributed by atoms with Gasteiger partial charge < -0.3 is 10.8 Å². The van der Waals surface area contributed by atoms with Crippen molar-refractivity contribution in [1.82, 2.24) is 5.48 Å². The van der Waals surface area contributed by atoms with Gasteiger partial charge in [0.15, 0.2) is 5.67 Å². The maximum Gasteiger partial charge on any atom is 0.254 e. The first-order chi connectivity index (χ1) is 11.8. The van der Waals surface area contributed by atoms with Gasteiger partial charge in [-0.3, -0.25) is 14.4 Å². The minimum Gasteiger partial charge on any atom is -0.393 e. The van der Waals surface area contributed by atoms with Crippen molar-refractivity contribution in [2.24, 2.45) is 11.7 Å². The zero-order chi connectivity index (χ0) is 18.9. The Morgan fingerprint density at radius 2 is 2.04 bits per heavy atom. The van der Waals surface area contributed by atoms with Crippen LogP contribution >= 0.6 is 0 Å². The van der Waals surface area contributed by atoms with E-state index in [0.29, 0.717) is 6.42 Å².